The highest BCUT2D eigenvalue weighted by Gasteiger charge is 2.60. The number of rotatable bonds is 6. The van der Waals surface area contributed by atoms with Crippen LogP contribution in [0.4, 0.5) is 22.0 Å². The maximum atomic E-state index is 13.9. The van der Waals surface area contributed by atoms with E-state index in [4.69, 9.17) is 0 Å². The Morgan fingerprint density at radius 1 is 1.10 bits per heavy atom. The summed E-state index contributed by atoms with van der Waals surface area (Å²) in [6, 6.07) is 10.7. The van der Waals surface area contributed by atoms with E-state index in [1.807, 2.05) is 0 Å². The van der Waals surface area contributed by atoms with Crippen LogP contribution in [0.1, 0.15) is 31.0 Å². The molecule has 1 saturated carbocycles. The monoisotopic (exact) mass is 578 g/mol. The first-order valence-corrected chi connectivity index (χ1v) is 13.5. The predicted octanol–water partition coefficient (Wildman–Crippen LogP) is 4.33. The predicted molar refractivity (Wildman–Crippen MR) is 130 cm³/mol. The number of pyridine rings is 1. The first-order valence-electron chi connectivity index (χ1n) is 11.8. The van der Waals surface area contributed by atoms with Crippen molar-refractivity contribution >= 4 is 21.0 Å². The Morgan fingerprint density at radius 2 is 1.75 bits per heavy atom. The van der Waals surface area contributed by atoms with Crippen molar-refractivity contribution < 1.29 is 35.1 Å². The highest BCUT2D eigenvalue weighted by Crippen LogP contribution is 2.48. The van der Waals surface area contributed by atoms with Gasteiger partial charge in [-0.25, -0.2) is 13.4 Å². The summed E-state index contributed by atoms with van der Waals surface area (Å²) in [5.74, 6) is -6.05. The Bertz CT molecular complexity index is 1810. The number of nitrogens with zero attached hydrogens (tertiary/aromatic N) is 6. The van der Waals surface area contributed by atoms with E-state index in [1.165, 1.54) is 20.0 Å². The van der Waals surface area contributed by atoms with E-state index in [1.54, 1.807) is 24.3 Å². The second kappa shape index (κ2) is 8.91. The second-order valence-corrected chi connectivity index (χ2v) is 11.7. The highest BCUT2D eigenvalue weighted by molar-refractivity contribution is 7.91. The van der Waals surface area contributed by atoms with Crippen LogP contribution >= 0.6 is 0 Å². The van der Waals surface area contributed by atoms with Crippen LogP contribution in [0.3, 0.4) is 0 Å². The summed E-state index contributed by atoms with van der Waals surface area (Å²) in [5.41, 5.74) is -1.85. The van der Waals surface area contributed by atoms with Gasteiger partial charge in [0.05, 0.1) is 17.2 Å². The van der Waals surface area contributed by atoms with Crippen molar-refractivity contribution in [3.05, 3.63) is 59.1 Å². The second-order valence-electron chi connectivity index (χ2n) is 9.45. The molecule has 0 N–H and O–H groups in total. The normalized spacial score (nSPS) is 15.2. The van der Waals surface area contributed by atoms with Crippen molar-refractivity contribution in [2.24, 2.45) is 7.05 Å². The van der Waals surface area contributed by atoms with Gasteiger partial charge in [0.2, 0.25) is 5.82 Å². The number of alkyl halides is 5. The van der Waals surface area contributed by atoms with Gasteiger partial charge in [0.25, 0.3) is 5.69 Å². The number of benzene rings is 1. The van der Waals surface area contributed by atoms with Gasteiger partial charge < -0.3 is 9.77 Å². The molecule has 0 spiro atoms. The van der Waals surface area contributed by atoms with E-state index >= 15 is 0 Å². The zero-order valence-corrected chi connectivity index (χ0v) is 21.7. The summed E-state index contributed by atoms with van der Waals surface area (Å²) >= 11 is 0. The SMILES string of the molecule is CCS(=O)(=O)c1cc(-c2ccc(C3(C#N)CC3)cc2)c[n+]([O-])c1-c1nc2cc(C(F)(F)C(F)(F)F)nnc2n1C. The van der Waals surface area contributed by atoms with Gasteiger partial charge in [-0.3, -0.25) is 0 Å². The van der Waals surface area contributed by atoms with Gasteiger partial charge in [0, 0.05) is 12.6 Å². The van der Waals surface area contributed by atoms with E-state index in [-0.39, 0.29) is 21.8 Å². The van der Waals surface area contributed by atoms with Crippen LogP contribution in [0.25, 0.3) is 33.8 Å². The third kappa shape index (κ3) is 4.23. The molecule has 1 aliphatic rings. The molecule has 0 unspecified atom stereocenters. The first kappa shape index (κ1) is 27.4. The molecular formula is C25H19F5N6O3S. The van der Waals surface area contributed by atoms with E-state index in [2.05, 4.69) is 21.3 Å². The quantitative estimate of drug-likeness (QED) is 0.189. The maximum Gasteiger partial charge on any atom is 0.459 e. The van der Waals surface area contributed by atoms with E-state index in [0.717, 1.165) is 29.2 Å². The van der Waals surface area contributed by atoms with Gasteiger partial charge in [0.15, 0.2) is 21.7 Å². The average molecular weight is 579 g/mol. The number of hydrogen-bond acceptors (Lipinski definition) is 7. The lowest BCUT2D eigenvalue weighted by molar-refractivity contribution is -0.595. The van der Waals surface area contributed by atoms with Crippen molar-refractivity contribution in [2.75, 3.05) is 5.75 Å². The Labute approximate surface area is 224 Å². The molecule has 0 aliphatic heterocycles. The highest BCUT2D eigenvalue weighted by atomic mass is 32.2. The van der Waals surface area contributed by atoms with Gasteiger partial charge >= 0.3 is 12.1 Å². The Kier molecular flexibility index (Phi) is 6.10. The lowest BCUT2D eigenvalue weighted by atomic mass is 9.95. The molecule has 0 saturated heterocycles. The fourth-order valence-electron chi connectivity index (χ4n) is 4.37. The Balaban J connectivity index is 1.67. The number of imidazole rings is 1. The van der Waals surface area contributed by atoms with Crippen molar-refractivity contribution in [1.29, 1.82) is 5.26 Å². The molecule has 5 rings (SSSR count). The molecule has 40 heavy (non-hydrogen) atoms. The molecule has 0 bridgehead atoms. The van der Waals surface area contributed by atoms with E-state index in [9.17, 15) is 40.8 Å². The number of hydrogen-bond donors (Lipinski definition) is 0. The molecule has 9 nitrogen and oxygen atoms in total. The number of aromatic nitrogens is 5. The molecule has 0 amide bonds. The molecule has 4 aromatic rings. The zero-order valence-electron chi connectivity index (χ0n) is 20.9. The Morgan fingerprint density at radius 3 is 2.30 bits per heavy atom. The van der Waals surface area contributed by atoms with Crippen molar-refractivity contribution in [3.8, 4) is 28.7 Å². The van der Waals surface area contributed by atoms with Crippen molar-refractivity contribution in [1.82, 2.24) is 19.7 Å². The van der Waals surface area contributed by atoms with Crippen LogP contribution in [0.15, 0.2) is 47.5 Å². The molecule has 1 aromatic carbocycles. The summed E-state index contributed by atoms with van der Waals surface area (Å²) in [7, 11) is -2.79. The summed E-state index contributed by atoms with van der Waals surface area (Å²) < 4.78 is 93.8. The van der Waals surface area contributed by atoms with Crippen molar-refractivity contribution in [3.63, 3.8) is 0 Å². The van der Waals surface area contributed by atoms with Gasteiger partial charge in [-0.1, -0.05) is 31.2 Å². The summed E-state index contributed by atoms with van der Waals surface area (Å²) in [4.78, 5) is 3.59. The van der Waals surface area contributed by atoms with Crippen LogP contribution in [0.5, 0.6) is 0 Å². The fraction of sp³-hybridized carbons (Fsp3) is 0.320. The van der Waals surface area contributed by atoms with Crippen LogP contribution in [0, 0.1) is 16.5 Å². The Hall–Kier alpha value is -4.19. The van der Waals surface area contributed by atoms with Gasteiger partial charge in [0.1, 0.15) is 16.1 Å². The average Bonchev–Trinajstić information content (AvgIpc) is 3.65. The molecule has 3 aromatic heterocycles. The van der Waals surface area contributed by atoms with Crippen molar-refractivity contribution in [2.45, 2.75) is 42.2 Å². The molecule has 0 radical (unpaired) electrons. The maximum absolute atomic E-state index is 13.9. The molecule has 3 heterocycles. The van der Waals surface area contributed by atoms with Gasteiger partial charge in [-0.2, -0.15) is 31.9 Å². The minimum atomic E-state index is -5.94. The number of aryl methyl sites for hydroxylation is 1. The van der Waals surface area contributed by atoms with Crippen LogP contribution in [-0.4, -0.2) is 40.1 Å². The lowest BCUT2D eigenvalue weighted by Crippen LogP contribution is -2.34. The van der Waals surface area contributed by atoms with Gasteiger partial charge in [-0.15, -0.1) is 10.2 Å². The standard InChI is InChI=1S/C25H19F5N6O3S/c1-3-40(38,39)18-10-15(14-4-6-16(7-5-14)23(13-31)8-9-23)12-36(37)20(18)22-32-17-11-19(24(26,27)25(28,29)30)33-34-21(17)35(22)2/h4-7,10-12H,3,8-9H2,1-2H3. The lowest BCUT2D eigenvalue weighted by Gasteiger charge is -2.17. The third-order valence-corrected chi connectivity index (χ3v) is 8.69. The molecule has 1 fully saturated rings. The molecule has 208 valence electrons. The first-order chi connectivity index (χ1) is 18.6. The van der Waals surface area contributed by atoms with Crippen LogP contribution < -0.4 is 4.73 Å². The number of halogens is 5. The van der Waals surface area contributed by atoms with Crippen LogP contribution in [-0.2, 0) is 28.2 Å². The van der Waals surface area contributed by atoms with E-state index in [0.29, 0.717) is 11.6 Å². The summed E-state index contributed by atoms with van der Waals surface area (Å²) in [6.07, 6.45) is -3.37. The van der Waals surface area contributed by atoms with E-state index < -0.39 is 54.9 Å². The smallest absolute Gasteiger partial charge is 0.459 e. The number of sulfone groups is 1. The fourth-order valence-corrected chi connectivity index (χ4v) is 5.47. The zero-order chi connectivity index (χ0) is 29.3. The summed E-state index contributed by atoms with van der Waals surface area (Å²) in [5, 5.41) is 29.2. The minimum absolute atomic E-state index is 0.241. The van der Waals surface area contributed by atoms with Crippen LogP contribution in [0.2, 0.25) is 0 Å². The third-order valence-electron chi connectivity index (χ3n) is 6.95. The molecule has 1 aliphatic carbocycles. The largest absolute Gasteiger partial charge is 0.618 e. The van der Waals surface area contributed by atoms with Gasteiger partial charge in [-0.05, 0) is 36.1 Å². The topological polar surface area (TPSA) is 128 Å². The molecule has 15 heteroatoms. The number of fused-ring (bicyclic) bond motifs is 1. The number of nitriles is 1. The molecule has 0 atom stereocenters. The summed E-state index contributed by atoms with van der Waals surface area (Å²) in [6.45, 7) is 1.36. The molecular weight excluding hydrogens is 559 g/mol. The minimum Gasteiger partial charge on any atom is -0.618 e.